The first-order valence-electron chi connectivity index (χ1n) is 7.92. The van der Waals surface area contributed by atoms with Gasteiger partial charge in [-0.15, -0.1) is 0 Å². The first kappa shape index (κ1) is 15.6. The Kier molecular flexibility index (Phi) is 4.65. The van der Waals surface area contributed by atoms with Gasteiger partial charge in [0, 0.05) is 38.3 Å². The monoisotopic (exact) mass is 316 g/mol. The minimum absolute atomic E-state index is 0.0629. The van der Waals surface area contributed by atoms with Gasteiger partial charge in [0.05, 0.1) is 6.61 Å². The fourth-order valence-electron chi connectivity index (χ4n) is 3.00. The Morgan fingerprint density at radius 3 is 2.96 bits per heavy atom. The van der Waals surface area contributed by atoms with Crippen molar-refractivity contribution in [3.05, 3.63) is 54.1 Å². The number of piperidine rings is 1. The van der Waals surface area contributed by atoms with E-state index in [2.05, 4.69) is 0 Å². The van der Waals surface area contributed by atoms with Crippen LogP contribution in [0.4, 0.5) is 4.39 Å². The summed E-state index contributed by atoms with van der Waals surface area (Å²) in [6, 6.07) is 9.88. The van der Waals surface area contributed by atoms with Crippen molar-refractivity contribution in [1.29, 1.82) is 0 Å². The number of carbonyl (C=O) groups is 1. The number of halogens is 1. The van der Waals surface area contributed by atoms with Gasteiger partial charge in [0.25, 0.3) is 5.91 Å². The van der Waals surface area contributed by atoms with Crippen molar-refractivity contribution in [2.75, 3.05) is 19.7 Å². The largest absolute Gasteiger partial charge is 0.493 e. The topological polar surface area (TPSA) is 34.5 Å². The molecule has 2 heterocycles. The normalized spacial score (nSPS) is 18.0. The molecule has 0 unspecified atom stereocenters. The molecule has 0 saturated carbocycles. The molecule has 0 N–H and O–H groups in total. The number of rotatable bonds is 4. The summed E-state index contributed by atoms with van der Waals surface area (Å²) in [5.74, 6) is 0.576. The molecule has 1 aliphatic rings. The number of aromatic nitrogens is 1. The van der Waals surface area contributed by atoms with E-state index >= 15 is 0 Å². The first-order valence-corrected chi connectivity index (χ1v) is 7.92. The van der Waals surface area contributed by atoms with E-state index in [9.17, 15) is 9.18 Å². The molecular weight excluding hydrogens is 295 g/mol. The van der Waals surface area contributed by atoms with Crippen molar-refractivity contribution >= 4 is 5.91 Å². The molecule has 1 aromatic heterocycles. The molecule has 3 rings (SSSR count). The van der Waals surface area contributed by atoms with Crippen LogP contribution in [0.2, 0.25) is 0 Å². The number of hydrogen-bond donors (Lipinski definition) is 0. The van der Waals surface area contributed by atoms with Crippen LogP contribution in [0.5, 0.6) is 5.75 Å². The third kappa shape index (κ3) is 3.73. The van der Waals surface area contributed by atoms with Crippen molar-refractivity contribution < 1.29 is 13.9 Å². The van der Waals surface area contributed by atoms with Crippen molar-refractivity contribution in [2.45, 2.75) is 12.8 Å². The lowest BCUT2D eigenvalue weighted by Crippen LogP contribution is -2.42. The molecule has 1 aromatic carbocycles. The van der Waals surface area contributed by atoms with E-state index in [4.69, 9.17) is 4.74 Å². The lowest BCUT2D eigenvalue weighted by Gasteiger charge is -2.32. The quantitative estimate of drug-likeness (QED) is 0.869. The van der Waals surface area contributed by atoms with Gasteiger partial charge in [0.1, 0.15) is 17.3 Å². The zero-order valence-corrected chi connectivity index (χ0v) is 13.2. The standard InChI is InChI=1S/C18H21FN2O2/c1-20-9-4-8-17(20)18(22)21-10-3-5-14(12-21)13-23-16-7-2-6-15(19)11-16/h2,4,6-9,11,14H,3,5,10,12-13H2,1H3/t14-/m1/s1. The summed E-state index contributed by atoms with van der Waals surface area (Å²) in [6.45, 7) is 1.96. The van der Waals surface area contributed by atoms with E-state index in [1.54, 1.807) is 12.1 Å². The minimum Gasteiger partial charge on any atom is -0.493 e. The second-order valence-electron chi connectivity index (χ2n) is 6.03. The zero-order valence-electron chi connectivity index (χ0n) is 13.2. The van der Waals surface area contributed by atoms with E-state index in [0.29, 0.717) is 24.6 Å². The maximum absolute atomic E-state index is 13.2. The molecule has 0 radical (unpaired) electrons. The molecule has 0 bridgehead atoms. The Hall–Kier alpha value is -2.30. The third-order valence-corrected chi connectivity index (χ3v) is 4.25. The molecule has 0 spiro atoms. The van der Waals surface area contributed by atoms with Crippen LogP contribution >= 0.6 is 0 Å². The second-order valence-corrected chi connectivity index (χ2v) is 6.03. The number of aryl methyl sites for hydroxylation is 1. The van der Waals surface area contributed by atoms with E-state index in [-0.39, 0.29) is 17.6 Å². The Morgan fingerprint density at radius 2 is 2.22 bits per heavy atom. The van der Waals surface area contributed by atoms with Crippen LogP contribution in [0.1, 0.15) is 23.3 Å². The summed E-state index contributed by atoms with van der Waals surface area (Å²) in [4.78, 5) is 14.4. The third-order valence-electron chi connectivity index (χ3n) is 4.25. The Labute approximate surface area is 135 Å². The summed E-state index contributed by atoms with van der Waals surface area (Å²) < 4.78 is 20.7. The summed E-state index contributed by atoms with van der Waals surface area (Å²) in [6.07, 6.45) is 3.86. The smallest absolute Gasteiger partial charge is 0.270 e. The number of ether oxygens (including phenoxy) is 1. The molecule has 1 saturated heterocycles. The lowest BCUT2D eigenvalue weighted by molar-refractivity contribution is 0.0624. The highest BCUT2D eigenvalue weighted by Crippen LogP contribution is 2.21. The van der Waals surface area contributed by atoms with Gasteiger partial charge in [0.2, 0.25) is 0 Å². The van der Waals surface area contributed by atoms with Crippen LogP contribution in [-0.4, -0.2) is 35.1 Å². The number of amides is 1. The Balaban J connectivity index is 1.58. The van der Waals surface area contributed by atoms with Crippen LogP contribution in [-0.2, 0) is 7.05 Å². The van der Waals surface area contributed by atoms with Crippen LogP contribution in [0.3, 0.4) is 0 Å². The molecule has 1 aliphatic heterocycles. The number of benzene rings is 1. The summed E-state index contributed by atoms with van der Waals surface area (Å²) in [7, 11) is 1.88. The van der Waals surface area contributed by atoms with Crippen molar-refractivity contribution in [3.8, 4) is 5.75 Å². The van der Waals surface area contributed by atoms with Gasteiger partial charge in [-0.05, 0) is 37.1 Å². The van der Waals surface area contributed by atoms with Crippen molar-refractivity contribution in [1.82, 2.24) is 9.47 Å². The summed E-state index contributed by atoms with van der Waals surface area (Å²) >= 11 is 0. The Morgan fingerprint density at radius 1 is 1.35 bits per heavy atom. The fourth-order valence-corrected chi connectivity index (χ4v) is 3.00. The minimum atomic E-state index is -0.299. The molecule has 23 heavy (non-hydrogen) atoms. The predicted molar refractivity (Wildman–Crippen MR) is 85.9 cm³/mol. The molecule has 1 amide bonds. The van der Waals surface area contributed by atoms with Gasteiger partial charge in [0.15, 0.2) is 0 Å². The number of likely N-dealkylation sites (tertiary alicyclic amines) is 1. The Bertz CT molecular complexity index is 683. The second kappa shape index (κ2) is 6.86. The first-order chi connectivity index (χ1) is 11.1. The molecule has 4 nitrogen and oxygen atoms in total. The van der Waals surface area contributed by atoms with Crippen LogP contribution in [0.15, 0.2) is 42.6 Å². The zero-order chi connectivity index (χ0) is 16.2. The van der Waals surface area contributed by atoms with Crippen LogP contribution in [0.25, 0.3) is 0 Å². The van der Waals surface area contributed by atoms with E-state index < -0.39 is 0 Å². The SMILES string of the molecule is Cn1cccc1C(=O)N1CCC[C@@H](COc2cccc(F)c2)C1. The summed E-state index contributed by atoms with van der Waals surface area (Å²) in [5.41, 5.74) is 0.705. The van der Waals surface area contributed by atoms with Crippen molar-refractivity contribution in [3.63, 3.8) is 0 Å². The van der Waals surface area contributed by atoms with Gasteiger partial charge in [-0.25, -0.2) is 4.39 Å². The molecule has 0 aliphatic carbocycles. The average molecular weight is 316 g/mol. The molecule has 2 aromatic rings. The van der Waals surface area contributed by atoms with Gasteiger partial charge >= 0.3 is 0 Å². The average Bonchev–Trinajstić information content (AvgIpc) is 2.99. The van der Waals surface area contributed by atoms with Crippen molar-refractivity contribution in [2.24, 2.45) is 13.0 Å². The van der Waals surface area contributed by atoms with Crippen LogP contribution in [0, 0.1) is 11.7 Å². The van der Waals surface area contributed by atoms with Gasteiger partial charge in [-0.2, -0.15) is 0 Å². The maximum atomic E-state index is 13.2. The lowest BCUT2D eigenvalue weighted by atomic mass is 9.98. The number of hydrogen-bond acceptors (Lipinski definition) is 2. The fraction of sp³-hybridized carbons (Fsp3) is 0.389. The van der Waals surface area contributed by atoms with E-state index in [1.807, 2.05) is 34.8 Å². The molecular formula is C18H21FN2O2. The highest BCUT2D eigenvalue weighted by Gasteiger charge is 2.26. The van der Waals surface area contributed by atoms with Crippen LogP contribution < -0.4 is 4.74 Å². The highest BCUT2D eigenvalue weighted by atomic mass is 19.1. The number of carbonyl (C=O) groups excluding carboxylic acids is 1. The van der Waals surface area contributed by atoms with Gasteiger partial charge in [-0.1, -0.05) is 6.07 Å². The van der Waals surface area contributed by atoms with E-state index in [0.717, 1.165) is 19.4 Å². The molecule has 122 valence electrons. The predicted octanol–water partition coefficient (Wildman–Crippen LogP) is 3.10. The highest BCUT2D eigenvalue weighted by molar-refractivity contribution is 5.92. The summed E-state index contributed by atoms with van der Waals surface area (Å²) in [5, 5.41) is 0. The van der Waals surface area contributed by atoms with Gasteiger partial charge in [-0.3, -0.25) is 4.79 Å². The molecule has 5 heteroatoms. The molecule has 1 atom stereocenters. The van der Waals surface area contributed by atoms with E-state index in [1.165, 1.54) is 12.1 Å². The molecule has 1 fully saturated rings. The van der Waals surface area contributed by atoms with Gasteiger partial charge < -0.3 is 14.2 Å². The maximum Gasteiger partial charge on any atom is 0.270 e. The number of nitrogens with zero attached hydrogens (tertiary/aromatic N) is 2.